The monoisotopic (exact) mass is 457 g/mol. The van der Waals surface area contributed by atoms with Crippen molar-refractivity contribution in [2.45, 2.75) is 20.5 Å². The number of thiazole rings is 1. The Hall–Kier alpha value is -2.51. The Morgan fingerprint density at radius 2 is 2.04 bits per heavy atom. The van der Waals surface area contributed by atoms with E-state index in [1.165, 1.54) is 0 Å². The largest absolute Gasteiger partial charge is 0.487 e. The molecule has 144 valence electrons. The number of aryl methyl sites for hydroxylation is 1. The molecule has 0 fully saturated rings. The van der Waals surface area contributed by atoms with E-state index >= 15 is 0 Å². The summed E-state index contributed by atoms with van der Waals surface area (Å²) in [6.45, 7) is 4.89. The van der Waals surface area contributed by atoms with Crippen molar-refractivity contribution < 1.29 is 9.53 Å². The standard InChI is InChI=1S/C21H20BrN3O2S/c1-3-25(20-10-7-17(22)12-23-20)21(26)11-6-16-4-8-19(9-5-16)27-13-18-14-28-15(2)24-18/h4-12,14H,3,13H2,1-2H3. The number of nitrogens with zero attached hydrogens (tertiary/aromatic N) is 3. The van der Waals surface area contributed by atoms with Gasteiger partial charge in [-0.25, -0.2) is 9.97 Å². The maximum Gasteiger partial charge on any atom is 0.252 e. The van der Waals surface area contributed by atoms with Crippen LogP contribution in [-0.2, 0) is 11.4 Å². The number of aromatic nitrogens is 2. The van der Waals surface area contributed by atoms with Gasteiger partial charge in [0.25, 0.3) is 5.91 Å². The minimum atomic E-state index is -0.114. The molecule has 1 aromatic carbocycles. The number of hydrogen-bond acceptors (Lipinski definition) is 5. The number of carbonyl (C=O) groups excluding carboxylic acids is 1. The van der Waals surface area contributed by atoms with Crippen molar-refractivity contribution >= 4 is 45.1 Å². The molecule has 3 rings (SSSR count). The number of halogens is 1. The van der Waals surface area contributed by atoms with Crippen molar-refractivity contribution in [3.63, 3.8) is 0 Å². The van der Waals surface area contributed by atoms with Crippen LogP contribution in [0, 0.1) is 6.92 Å². The molecule has 0 aliphatic heterocycles. The highest BCUT2D eigenvalue weighted by atomic mass is 79.9. The van der Waals surface area contributed by atoms with E-state index in [9.17, 15) is 4.79 Å². The van der Waals surface area contributed by atoms with Gasteiger partial charge in [0.15, 0.2) is 0 Å². The van der Waals surface area contributed by atoms with E-state index in [0.717, 1.165) is 26.5 Å². The summed E-state index contributed by atoms with van der Waals surface area (Å²) in [5, 5.41) is 3.03. The van der Waals surface area contributed by atoms with Crippen molar-refractivity contribution in [2.75, 3.05) is 11.4 Å². The summed E-state index contributed by atoms with van der Waals surface area (Å²) in [6.07, 6.45) is 5.03. The van der Waals surface area contributed by atoms with Gasteiger partial charge in [0.1, 0.15) is 18.2 Å². The van der Waals surface area contributed by atoms with E-state index < -0.39 is 0 Å². The fourth-order valence-corrected chi connectivity index (χ4v) is 3.35. The summed E-state index contributed by atoms with van der Waals surface area (Å²) >= 11 is 4.96. The van der Waals surface area contributed by atoms with Crippen LogP contribution in [0.25, 0.3) is 6.08 Å². The van der Waals surface area contributed by atoms with Crippen LogP contribution in [0.1, 0.15) is 23.2 Å². The van der Waals surface area contributed by atoms with Crippen LogP contribution >= 0.6 is 27.3 Å². The maximum absolute atomic E-state index is 12.5. The number of amides is 1. The first-order valence-electron chi connectivity index (χ1n) is 8.80. The van der Waals surface area contributed by atoms with E-state index in [4.69, 9.17) is 4.74 Å². The molecule has 0 N–H and O–H groups in total. The highest BCUT2D eigenvalue weighted by molar-refractivity contribution is 9.10. The Morgan fingerprint density at radius 1 is 1.25 bits per heavy atom. The summed E-state index contributed by atoms with van der Waals surface area (Å²) in [6, 6.07) is 11.3. The molecule has 3 aromatic rings. The van der Waals surface area contributed by atoms with Crippen molar-refractivity contribution in [2.24, 2.45) is 0 Å². The van der Waals surface area contributed by atoms with Crippen molar-refractivity contribution in [3.8, 4) is 5.75 Å². The average Bonchev–Trinajstić information content (AvgIpc) is 3.13. The summed E-state index contributed by atoms with van der Waals surface area (Å²) in [7, 11) is 0. The summed E-state index contributed by atoms with van der Waals surface area (Å²) in [5.74, 6) is 1.28. The van der Waals surface area contributed by atoms with Gasteiger partial charge in [-0.1, -0.05) is 12.1 Å². The topological polar surface area (TPSA) is 55.3 Å². The van der Waals surface area contributed by atoms with Crippen LogP contribution in [0.15, 0.2) is 58.5 Å². The molecule has 0 bridgehead atoms. The van der Waals surface area contributed by atoms with Gasteiger partial charge in [-0.05, 0) is 65.7 Å². The van der Waals surface area contributed by atoms with Gasteiger partial charge in [0.05, 0.1) is 10.7 Å². The highest BCUT2D eigenvalue weighted by Crippen LogP contribution is 2.18. The zero-order valence-corrected chi connectivity index (χ0v) is 18.0. The number of pyridine rings is 1. The molecule has 0 saturated carbocycles. The molecule has 7 heteroatoms. The van der Waals surface area contributed by atoms with Gasteiger partial charge in [0.2, 0.25) is 0 Å². The minimum Gasteiger partial charge on any atom is -0.487 e. The number of hydrogen-bond donors (Lipinski definition) is 0. The molecule has 0 radical (unpaired) electrons. The van der Waals surface area contributed by atoms with Gasteiger partial charge < -0.3 is 4.74 Å². The SMILES string of the molecule is CCN(C(=O)C=Cc1ccc(OCc2csc(C)n2)cc1)c1ccc(Br)cn1. The van der Waals surface area contributed by atoms with Crippen molar-refractivity contribution in [3.05, 3.63) is 74.8 Å². The Bertz CT molecular complexity index is 953. The van der Waals surface area contributed by atoms with Gasteiger partial charge in [-0.2, -0.15) is 0 Å². The zero-order chi connectivity index (χ0) is 19.9. The van der Waals surface area contributed by atoms with Crippen LogP contribution in [0.5, 0.6) is 5.75 Å². The summed E-state index contributed by atoms with van der Waals surface area (Å²) < 4.78 is 6.62. The fraction of sp³-hybridized carbons (Fsp3) is 0.190. The van der Waals surface area contributed by atoms with Crippen LogP contribution < -0.4 is 9.64 Å². The summed E-state index contributed by atoms with van der Waals surface area (Å²) in [4.78, 5) is 22.8. The molecule has 0 saturated heterocycles. The molecule has 0 atom stereocenters. The molecule has 0 spiro atoms. The van der Waals surface area contributed by atoms with Crippen LogP contribution in [0.4, 0.5) is 5.82 Å². The molecule has 2 heterocycles. The molecular formula is C21H20BrN3O2S. The van der Waals surface area contributed by atoms with E-state index in [-0.39, 0.29) is 5.91 Å². The predicted molar refractivity (Wildman–Crippen MR) is 117 cm³/mol. The first kappa shape index (κ1) is 20.2. The summed E-state index contributed by atoms with van der Waals surface area (Å²) in [5.41, 5.74) is 1.85. The first-order valence-corrected chi connectivity index (χ1v) is 10.5. The average molecular weight is 458 g/mol. The molecule has 0 unspecified atom stereocenters. The second kappa shape index (κ2) is 9.61. The predicted octanol–water partition coefficient (Wildman–Crippen LogP) is 5.25. The quantitative estimate of drug-likeness (QED) is 0.454. The Morgan fingerprint density at radius 3 is 2.64 bits per heavy atom. The molecule has 1 amide bonds. The number of carbonyl (C=O) groups is 1. The molecule has 5 nitrogen and oxygen atoms in total. The van der Waals surface area contributed by atoms with Crippen LogP contribution in [0.2, 0.25) is 0 Å². The Labute approximate surface area is 176 Å². The van der Waals surface area contributed by atoms with Gasteiger partial charge in [-0.15, -0.1) is 11.3 Å². The lowest BCUT2D eigenvalue weighted by atomic mass is 10.2. The van der Waals surface area contributed by atoms with Crippen molar-refractivity contribution in [1.29, 1.82) is 0 Å². The smallest absolute Gasteiger partial charge is 0.252 e. The molecular weight excluding hydrogens is 438 g/mol. The van der Waals surface area contributed by atoms with Crippen LogP contribution in [0.3, 0.4) is 0 Å². The molecule has 0 aliphatic carbocycles. The normalized spacial score (nSPS) is 11.0. The number of rotatable bonds is 7. The minimum absolute atomic E-state index is 0.114. The highest BCUT2D eigenvalue weighted by Gasteiger charge is 2.12. The second-order valence-corrected chi connectivity index (χ2v) is 7.94. The number of ether oxygens (including phenoxy) is 1. The lowest BCUT2D eigenvalue weighted by Crippen LogP contribution is -2.29. The van der Waals surface area contributed by atoms with Gasteiger partial charge in [0, 0.05) is 28.7 Å². The van der Waals surface area contributed by atoms with Gasteiger partial charge in [-0.3, -0.25) is 9.69 Å². The number of likely N-dealkylation sites (N-methyl/N-ethyl adjacent to an activating group) is 1. The van der Waals surface area contributed by atoms with Crippen molar-refractivity contribution in [1.82, 2.24) is 9.97 Å². The lowest BCUT2D eigenvalue weighted by Gasteiger charge is -2.17. The molecule has 28 heavy (non-hydrogen) atoms. The second-order valence-electron chi connectivity index (χ2n) is 5.97. The van der Waals surface area contributed by atoms with E-state index in [1.54, 1.807) is 34.6 Å². The molecule has 0 aliphatic rings. The maximum atomic E-state index is 12.5. The number of benzene rings is 1. The third-order valence-corrected chi connectivity index (χ3v) is 5.21. The Kier molecular flexibility index (Phi) is 6.95. The zero-order valence-electron chi connectivity index (χ0n) is 15.6. The lowest BCUT2D eigenvalue weighted by molar-refractivity contribution is -0.114. The third kappa shape index (κ3) is 5.50. The third-order valence-electron chi connectivity index (χ3n) is 3.92. The Balaban J connectivity index is 1.59. The van der Waals surface area contributed by atoms with Crippen LogP contribution in [-0.4, -0.2) is 22.4 Å². The fourth-order valence-electron chi connectivity index (χ4n) is 2.52. The number of anilines is 1. The van der Waals surface area contributed by atoms with E-state index in [1.807, 2.05) is 55.6 Å². The van der Waals surface area contributed by atoms with E-state index in [2.05, 4.69) is 25.9 Å². The first-order chi connectivity index (χ1) is 13.5. The van der Waals surface area contributed by atoms with Gasteiger partial charge >= 0.3 is 0 Å². The van der Waals surface area contributed by atoms with E-state index in [0.29, 0.717) is 19.0 Å². The molecule has 2 aromatic heterocycles.